The van der Waals surface area contributed by atoms with Crippen LogP contribution in [-0.2, 0) is 4.79 Å². The Balaban J connectivity index is 1.93. The molecule has 0 aromatic rings. The van der Waals surface area contributed by atoms with E-state index >= 15 is 0 Å². The van der Waals surface area contributed by atoms with Crippen LogP contribution in [0.3, 0.4) is 0 Å². The molecule has 2 aliphatic rings. The van der Waals surface area contributed by atoms with Crippen molar-refractivity contribution in [2.75, 3.05) is 0 Å². The number of carbonyl (C=O) groups excluding carboxylic acids is 1. The molecule has 0 heterocycles. The summed E-state index contributed by atoms with van der Waals surface area (Å²) in [7, 11) is 0. The third kappa shape index (κ3) is 1.55. The molecular formula is C11H17O. The Morgan fingerprint density at radius 2 is 1.67 bits per heavy atom. The molecule has 0 amide bonds. The second kappa shape index (κ2) is 3.59. The molecule has 2 fully saturated rings. The van der Waals surface area contributed by atoms with E-state index in [1.54, 1.807) is 0 Å². The van der Waals surface area contributed by atoms with E-state index in [0.29, 0.717) is 0 Å². The molecule has 3 atom stereocenters. The van der Waals surface area contributed by atoms with E-state index in [0.717, 1.165) is 24.7 Å². The minimum atomic E-state index is 0.282. The van der Waals surface area contributed by atoms with Crippen molar-refractivity contribution in [3.8, 4) is 0 Å². The van der Waals surface area contributed by atoms with Gasteiger partial charge in [-0.15, -0.1) is 0 Å². The highest BCUT2D eigenvalue weighted by atomic mass is 16.1. The largest absolute Gasteiger partial charge is 0.291 e. The maximum Gasteiger partial charge on any atom is 0.201 e. The van der Waals surface area contributed by atoms with Crippen LogP contribution in [0.5, 0.6) is 0 Å². The first kappa shape index (κ1) is 8.28. The third-order valence-electron chi connectivity index (χ3n) is 3.71. The first-order valence-electron chi connectivity index (χ1n) is 5.28. The van der Waals surface area contributed by atoms with Crippen LogP contribution in [0.2, 0.25) is 0 Å². The summed E-state index contributed by atoms with van der Waals surface area (Å²) in [6.45, 7) is 0. The molecule has 0 aromatic carbocycles. The van der Waals surface area contributed by atoms with Gasteiger partial charge in [-0.1, -0.05) is 25.7 Å². The van der Waals surface area contributed by atoms with E-state index in [4.69, 9.17) is 0 Å². The smallest absolute Gasteiger partial charge is 0.201 e. The second-order valence-corrected chi connectivity index (χ2v) is 4.43. The predicted octanol–water partition coefficient (Wildman–Crippen LogP) is 2.70. The minimum absolute atomic E-state index is 0.282. The van der Waals surface area contributed by atoms with E-state index in [1.165, 1.54) is 32.1 Å². The van der Waals surface area contributed by atoms with Gasteiger partial charge in [0.2, 0.25) is 6.29 Å². The van der Waals surface area contributed by atoms with Crippen LogP contribution >= 0.6 is 0 Å². The van der Waals surface area contributed by atoms with Crippen molar-refractivity contribution in [2.45, 2.75) is 44.9 Å². The van der Waals surface area contributed by atoms with Gasteiger partial charge in [-0.25, -0.2) is 0 Å². The molecule has 3 unspecified atom stereocenters. The molecular weight excluding hydrogens is 148 g/mol. The summed E-state index contributed by atoms with van der Waals surface area (Å²) >= 11 is 0. The zero-order valence-corrected chi connectivity index (χ0v) is 7.59. The average molecular weight is 165 g/mol. The maximum absolute atomic E-state index is 10.5. The fraction of sp³-hybridized carbons (Fsp3) is 0.909. The zero-order chi connectivity index (χ0) is 8.39. The monoisotopic (exact) mass is 165 g/mol. The third-order valence-corrected chi connectivity index (χ3v) is 3.71. The summed E-state index contributed by atoms with van der Waals surface area (Å²) < 4.78 is 0. The van der Waals surface area contributed by atoms with Gasteiger partial charge in [0.1, 0.15) is 0 Å². The molecule has 67 valence electrons. The molecule has 2 aliphatic carbocycles. The molecule has 0 spiro atoms. The van der Waals surface area contributed by atoms with Crippen molar-refractivity contribution >= 4 is 6.29 Å². The molecule has 0 bridgehead atoms. The lowest BCUT2D eigenvalue weighted by Crippen LogP contribution is -2.28. The first-order valence-corrected chi connectivity index (χ1v) is 5.28. The standard InChI is InChI=1S/C11H17O/c12-8-9-5-6-10-3-1-2-4-11(10)7-9/h9-11H,1-7H2. The summed E-state index contributed by atoms with van der Waals surface area (Å²) in [5.41, 5.74) is 0. The molecule has 2 rings (SSSR count). The first-order chi connectivity index (χ1) is 5.90. The fourth-order valence-electron chi connectivity index (χ4n) is 2.98. The Labute approximate surface area is 74.5 Å². The van der Waals surface area contributed by atoms with E-state index in [1.807, 2.05) is 0 Å². The quantitative estimate of drug-likeness (QED) is 0.584. The van der Waals surface area contributed by atoms with Crippen molar-refractivity contribution in [3.05, 3.63) is 0 Å². The van der Waals surface area contributed by atoms with Gasteiger partial charge in [-0.2, -0.15) is 0 Å². The van der Waals surface area contributed by atoms with Crippen LogP contribution in [0.1, 0.15) is 44.9 Å². The molecule has 1 nitrogen and oxygen atoms in total. The Hall–Kier alpha value is -0.330. The fourth-order valence-corrected chi connectivity index (χ4v) is 2.98. The molecule has 12 heavy (non-hydrogen) atoms. The van der Waals surface area contributed by atoms with Gasteiger partial charge in [-0.3, -0.25) is 4.79 Å². The Bertz CT molecular complexity index is 164. The lowest BCUT2D eigenvalue weighted by molar-refractivity contribution is 0.151. The van der Waals surface area contributed by atoms with Gasteiger partial charge in [-0.05, 0) is 31.1 Å². The summed E-state index contributed by atoms with van der Waals surface area (Å²) in [5.74, 6) is 2.12. The van der Waals surface area contributed by atoms with E-state index in [9.17, 15) is 4.79 Å². The minimum Gasteiger partial charge on any atom is -0.291 e. The SMILES string of the molecule is O=[C]C1CCC2CCCCC2C1. The molecule has 0 aliphatic heterocycles. The molecule has 2 saturated carbocycles. The van der Waals surface area contributed by atoms with Gasteiger partial charge in [0, 0.05) is 5.92 Å². The zero-order valence-electron chi connectivity index (χ0n) is 7.59. The van der Waals surface area contributed by atoms with Gasteiger partial charge < -0.3 is 0 Å². The second-order valence-electron chi connectivity index (χ2n) is 4.43. The van der Waals surface area contributed by atoms with Crippen LogP contribution in [0.25, 0.3) is 0 Å². The highest BCUT2D eigenvalue weighted by Crippen LogP contribution is 2.41. The Morgan fingerprint density at radius 3 is 2.42 bits per heavy atom. The molecule has 1 radical (unpaired) electrons. The highest BCUT2D eigenvalue weighted by molar-refractivity contribution is 5.54. The van der Waals surface area contributed by atoms with Crippen molar-refractivity contribution in [2.24, 2.45) is 17.8 Å². The van der Waals surface area contributed by atoms with Crippen molar-refractivity contribution < 1.29 is 4.79 Å². The normalized spacial score (nSPS) is 41.8. The van der Waals surface area contributed by atoms with E-state index in [-0.39, 0.29) is 5.92 Å². The van der Waals surface area contributed by atoms with Gasteiger partial charge in [0.15, 0.2) is 0 Å². The lowest BCUT2D eigenvalue weighted by Gasteiger charge is -2.37. The molecule has 0 aromatic heterocycles. The highest BCUT2D eigenvalue weighted by Gasteiger charge is 2.31. The molecule has 0 saturated heterocycles. The Kier molecular flexibility index (Phi) is 2.48. The van der Waals surface area contributed by atoms with Crippen LogP contribution in [0, 0.1) is 17.8 Å². The van der Waals surface area contributed by atoms with Crippen LogP contribution in [0.15, 0.2) is 0 Å². The summed E-state index contributed by atoms with van der Waals surface area (Å²) in [5, 5.41) is 0. The van der Waals surface area contributed by atoms with Crippen LogP contribution in [-0.4, -0.2) is 6.29 Å². The Morgan fingerprint density at radius 1 is 0.917 bits per heavy atom. The van der Waals surface area contributed by atoms with E-state index in [2.05, 4.69) is 6.29 Å². The van der Waals surface area contributed by atoms with Crippen molar-refractivity contribution in [3.63, 3.8) is 0 Å². The number of hydrogen-bond acceptors (Lipinski definition) is 1. The maximum atomic E-state index is 10.5. The summed E-state index contributed by atoms with van der Waals surface area (Å²) in [6.07, 6.45) is 11.4. The van der Waals surface area contributed by atoms with Gasteiger partial charge in [0.05, 0.1) is 0 Å². The lowest BCUT2D eigenvalue weighted by atomic mass is 9.68. The van der Waals surface area contributed by atoms with Gasteiger partial charge in [0.25, 0.3) is 0 Å². The summed E-state index contributed by atoms with van der Waals surface area (Å²) in [4.78, 5) is 10.5. The van der Waals surface area contributed by atoms with Crippen LogP contribution in [0.4, 0.5) is 0 Å². The number of hydrogen-bond donors (Lipinski definition) is 0. The average Bonchev–Trinajstić information content (AvgIpc) is 2.17. The summed E-state index contributed by atoms with van der Waals surface area (Å²) in [6, 6.07) is 0. The van der Waals surface area contributed by atoms with Crippen molar-refractivity contribution in [1.29, 1.82) is 0 Å². The topological polar surface area (TPSA) is 17.1 Å². The molecule has 0 N–H and O–H groups in total. The predicted molar refractivity (Wildman–Crippen MR) is 48.5 cm³/mol. The molecule has 1 heteroatoms. The number of fused-ring (bicyclic) bond motifs is 1. The number of rotatable bonds is 1. The van der Waals surface area contributed by atoms with E-state index < -0.39 is 0 Å². The van der Waals surface area contributed by atoms with Gasteiger partial charge >= 0.3 is 0 Å². The van der Waals surface area contributed by atoms with Crippen LogP contribution < -0.4 is 0 Å². The van der Waals surface area contributed by atoms with Crippen molar-refractivity contribution in [1.82, 2.24) is 0 Å².